The van der Waals surface area contributed by atoms with E-state index in [1.54, 1.807) is 0 Å². The Labute approximate surface area is 143 Å². The number of benzene rings is 2. The van der Waals surface area contributed by atoms with Gasteiger partial charge in [-0.3, -0.25) is 0 Å². The van der Waals surface area contributed by atoms with Gasteiger partial charge in [-0.2, -0.15) is 13.2 Å². The van der Waals surface area contributed by atoms with Crippen molar-refractivity contribution in [3.05, 3.63) is 47.5 Å². The highest BCUT2D eigenvalue weighted by atomic mass is 19.4. The molecule has 1 aliphatic heterocycles. The molecule has 0 bridgehead atoms. The quantitative estimate of drug-likeness (QED) is 0.697. The van der Waals surface area contributed by atoms with Crippen molar-refractivity contribution < 1.29 is 18.3 Å². The van der Waals surface area contributed by atoms with Crippen molar-refractivity contribution in [1.82, 2.24) is 9.88 Å². The van der Waals surface area contributed by atoms with Crippen LogP contribution >= 0.6 is 0 Å². The van der Waals surface area contributed by atoms with Gasteiger partial charge in [0, 0.05) is 28.4 Å². The normalized spacial score (nSPS) is 22.0. The zero-order chi connectivity index (χ0) is 17.8. The van der Waals surface area contributed by atoms with Crippen molar-refractivity contribution in [3.8, 4) is 0 Å². The van der Waals surface area contributed by atoms with Crippen LogP contribution in [-0.2, 0) is 6.18 Å². The van der Waals surface area contributed by atoms with Gasteiger partial charge in [0.1, 0.15) is 0 Å². The number of aliphatic hydroxyl groups excluding tert-OH is 1. The van der Waals surface area contributed by atoms with E-state index in [0.717, 1.165) is 41.0 Å². The monoisotopic (exact) mass is 348 g/mol. The van der Waals surface area contributed by atoms with Crippen LogP contribution in [0.25, 0.3) is 21.8 Å². The minimum atomic E-state index is -4.37. The minimum Gasteiger partial charge on any atom is -0.390 e. The smallest absolute Gasteiger partial charge is 0.390 e. The van der Waals surface area contributed by atoms with Crippen LogP contribution in [0.1, 0.15) is 23.6 Å². The van der Waals surface area contributed by atoms with Crippen molar-refractivity contribution in [3.63, 3.8) is 0 Å². The molecule has 1 aromatic heterocycles. The summed E-state index contributed by atoms with van der Waals surface area (Å²) in [6, 6.07) is 9.53. The van der Waals surface area contributed by atoms with Gasteiger partial charge in [-0.05, 0) is 50.2 Å². The van der Waals surface area contributed by atoms with E-state index in [1.165, 1.54) is 12.1 Å². The number of rotatable bonds is 1. The number of piperidine rings is 1. The first-order valence-electron chi connectivity index (χ1n) is 8.36. The molecule has 2 atom stereocenters. The van der Waals surface area contributed by atoms with Gasteiger partial charge in [0.2, 0.25) is 0 Å². The van der Waals surface area contributed by atoms with Gasteiger partial charge in [-0.25, -0.2) is 0 Å². The molecule has 25 heavy (non-hydrogen) atoms. The molecule has 6 heteroatoms. The first-order chi connectivity index (χ1) is 11.9. The summed E-state index contributed by atoms with van der Waals surface area (Å²) >= 11 is 0. The molecular formula is C19H19F3N2O. The van der Waals surface area contributed by atoms with E-state index in [2.05, 4.69) is 5.32 Å². The number of nitrogens with one attached hydrogen (secondary N) is 1. The number of β-amino-alcohol motifs (C(OH)–C–C–N with tert-alkyl or cyclic N) is 1. The average Bonchev–Trinajstić information content (AvgIpc) is 2.87. The fraction of sp³-hybridized carbons (Fsp3) is 0.368. The molecule has 0 spiro atoms. The van der Waals surface area contributed by atoms with E-state index < -0.39 is 17.8 Å². The SMILES string of the molecule is Cc1ccc2c(c1)c1cc(C(F)(F)F)ccc1n2[C@@H]1CCNC[C@H]1O. The molecule has 1 aliphatic rings. The van der Waals surface area contributed by atoms with Crippen molar-refractivity contribution in [2.75, 3.05) is 13.1 Å². The Balaban J connectivity index is 2.03. The Hall–Kier alpha value is -2.05. The lowest BCUT2D eigenvalue weighted by Gasteiger charge is -2.31. The van der Waals surface area contributed by atoms with Crippen molar-refractivity contribution in [2.24, 2.45) is 0 Å². The maximum Gasteiger partial charge on any atom is 0.416 e. The van der Waals surface area contributed by atoms with Gasteiger partial charge in [0.05, 0.1) is 17.7 Å². The van der Waals surface area contributed by atoms with Crippen molar-refractivity contribution in [2.45, 2.75) is 31.7 Å². The van der Waals surface area contributed by atoms with Crippen LogP contribution in [0, 0.1) is 6.92 Å². The largest absolute Gasteiger partial charge is 0.416 e. The number of halogens is 3. The van der Waals surface area contributed by atoms with Crippen LogP contribution in [0.3, 0.4) is 0 Å². The molecule has 0 aliphatic carbocycles. The van der Waals surface area contributed by atoms with Crippen LogP contribution in [0.2, 0.25) is 0 Å². The second-order valence-electron chi connectivity index (χ2n) is 6.75. The second-order valence-corrected chi connectivity index (χ2v) is 6.75. The summed E-state index contributed by atoms with van der Waals surface area (Å²) in [5.74, 6) is 0. The number of nitrogens with zero attached hydrogens (tertiary/aromatic N) is 1. The highest BCUT2D eigenvalue weighted by molar-refractivity contribution is 6.08. The first-order valence-corrected chi connectivity index (χ1v) is 8.36. The fourth-order valence-electron chi connectivity index (χ4n) is 3.83. The highest BCUT2D eigenvalue weighted by Crippen LogP contribution is 2.38. The summed E-state index contributed by atoms with van der Waals surface area (Å²) in [6.07, 6.45) is -4.22. The van der Waals surface area contributed by atoms with Gasteiger partial charge in [0.15, 0.2) is 0 Å². The Kier molecular flexibility index (Phi) is 3.77. The average molecular weight is 348 g/mol. The first kappa shape index (κ1) is 16.4. The summed E-state index contributed by atoms with van der Waals surface area (Å²) in [7, 11) is 0. The van der Waals surface area contributed by atoms with Gasteiger partial charge in [-0.1, -0.05) is 11.6 Å². The molecule has 0 saturated carbocycles. The Morgan fingerprint density at radius 2 is 1.76 bits per heavy atom. The molecular weight excluding hydrogens is 329 g/mol. The predicted octanol–water partition coefficient (Wildman–Crippen LogP) is 4.02. The van der Waals surface area contributed by atoms with Crippen LogP contribution in [0.4, 0.5) is 13.2 Å². The lowest BCUT2D eigenvalue weighted by Crippen LogP contribution is -2.41. The molecule has 0 radical (unpaired) electrons. The number of alkyl halides is 3. The van der Waals surface area contributed by atoms with Crippen molar-refractivity contribution in [1.29, 1.82) is 0 Å². The van der Waals surface area contributed by atoms with E-state index in [-0.39, 0.29) is 6.04 Å². The zero-order valence-corrected chi connectivity index (χ0v) is 13.8. The zero-order valence-electron chi connectivity index (χ0n) is 13.8. The summed E-state index contributed by atoms with van der Waals surface area (Å²) in [4.78, 5) is 0. The third-order valence-electron chi connectivity index (χ3n) is 5.03. The van der Waals surface area contributed by atoms with Crippen LogP contribution < -0.4 is 5.32 Å². The third-order valence-corrected chi connectivity index (χ3v) is 5.03. The molecule has 4 rings (SSSR count). The summed E-state index contributed by atoms with van der Waals surface area (Å²) < 4.78 is 41.5. The molecule has 132 valence electrons. The van der Waals surface area contributed by atoms with Gasteiger partial charge in [-0.15, -0.1) is 0 Å². The second kappa shape index (κ2) is 5.75. The molecule has 1 fully saturated rings. The number of aryl methyl sites for hydroxylation is 1. The molecule has 2 aromatic carbocycles. The van der Waals surface area contributed by atoms with E-state index in [1.807, 2.05) is 29.7 Å². The predicted molar refractivity (Wildman–Crippen MR) is 91.7 cm³/mol. The standard InChI is InChI=1S/C19H19F3N2O/c1-11-2-4-15-13(8-11)14-9-12(19(20,21)22)3-5-16(14)24(15)17-6-7-23-10-18(17)25/h2-5,8-9,17-18,23,25H,6-7,10H2,1H3/t17-,18-/m1/s1. The summed E-state index contributed by atoms with van der Waals surface area (Å²) in [5, 5.41) is 15.0. The number of hydrogen-bond donors (Lipinski definition) is 2. The van der Waals surface area contributed by atoms with E-state index in [0.29, 0.717) is 11.9 Å². The minimum absolute atomic E-state index is 0.152. The Morgan fingerprint density at radius 1 is 1.08 bits per heavy atom. The number of aromatic nitrogens is 1. The van der Waals surface area contributed by atoms with Crippen LogP contribution in [0.15, 0.2) is 36.4 Å². The van der Waals surface area contributed by atoms with E-state index in [9.17, 15) is 18.3 Å². The number of fused-ring (bicyclic) bond motifs is 3. The summed E-state index contributed by atoms with van der Waals surface area (Å²) in [5.41, 5.74) is 1.95. The summed E-state index contributed by atoms with van der Waals surface area (Å²) in [6.45, 7) is 3.18. The van der Waals surface area contributed by atoms with Crippen molar-refractivity contribution >= 4 is 21.8 Å². The lowest BCUT2D eigenvalue weighted by atomic mass is 10.0. The molecule has 3 aromatic rings. The van der Waals surface area contributed by atoms with Gasteiger partial charge in [0.25, 0.3) is 0 Å². The molecule has 2 N–H and O–H groups in total. The third kappa shape index (κ3) is 2.69. The van der Waals surface area contributed by atoms with Gasteiger partial charge < -0.3 is 15.0 Å². The molecule has 1 saturated heterocycles. The van der Waals surface area contributed by atoms with Crippen LogP contribution in [0.5, 0.6) is 0 Å². The Morgan fingerprint density at radius 3 is 2.44 bits per heavy atom. The van der Waals surface area contributed by atoms with E-state index in [4.69, 9.17) is 0 Å². The molecule has 0 amide bonds. The maximum absolute atomic E-state index is 13.2. The maximum atomic E-state index is 13.2. The molecule has 0 unspecified atom stereocenters. The Bertz CT molecular complexity index is 945. The lowest BCUT2D eigenvalue weighted by molar-refractivity contribution is -0.137. The van der Waals surface area contributed by atoms with E-state index >= 15 is 0 Å². The van der Waals surface area contributed by atoms with Crippen LogP contribution in [-0.4, -0.2) is 28.9 Å². The topological polar surface area (TPSA) is 37.2 Å². The highest BCUT2D eigenvalue weighted by Gasteiger charge is 2.32. The van der Waals surface area contributed by atoms with Gasteiger partial charge >= 0.3 is 6.18 Å². The fourth-order valence-corrected chi connectivity index (χ4v) is 3.83. The number of aliphatic hydroxyl groups is 1. The molecule has 3 nitrogen and oxygen atoms in total. The molecule has 2 heterocycles. The number of hydrogen-bond acceptors (Lipinski definition) is 2.